The van der Waals surface area contributed by atoms with Gasteiger partial charge in [-0.3, -0.25) is 14.3 Å². The van der Waals surface area contributed by atoms with Gasteiger partial charge in [0.15, 0.2) is 5.82 Å². The van der Waals surface area contributed by atoms with E-state index in [4.69, 9.17) is 16.3 Å². The lowest BCUT2D eigenvalue weighted by molar-refractivity contribution is 0.0985. The maximum atomic E-state index is 12.1. The first-order valence-electron chi connectivity index (χ1n) is 6.72. The molecule has 2 aromatic heterocycles. The van der Waals surface area contributed by atoms with E-state index >= 15 is 0 Å². The summed E-state index contributed by atoms with van der Waals surface area (Å²) in [5.41, 5.74) is -0.358. The Morgan fingerprint density at radius 2 is 2.33 bits per heavy atom. The van der Waals surface area contributed by atoms with E-state index in [9.17, 15) is 4.79 Å². The number of halogens is 1. The average molecular weight is 310 g/mol. The molecule has 2 aromatic rings. The number of aryl methyl sites for hydroxylation is 1. The van der Waals surface area contributed by atoms with Gasteiger partial charge in [-0.15, -0.1) is 0 Å². The third-order valence-corrected chi connectivity index (χ3v) is 3.87. The second kappa shape index (κ2) is 5.50. The number of morpholine rings is 1. The number of ether oxygens (including phenoxy) is 1. The minimum atomic E-state index is -0.358. The van der Waals surface area contributed by atoms with Crippen LogP contribution in [0.2, 0.25) is 5.02 Å². The Hall–Kier alpha value is -1.86. The summed E-state index contributed by atoms with van der Waals surface area (Å²) in [6, 6.07) is 0.113. The van der Waals surface area contributed by atoms with Gasteiger partial charge < -0.3 is 9.64 Å². The number of rotatable bonds is 2. The minimum absolute atomic E-state index is 0.102. The predicted molar refractivity (Wildman–Crippen MR) is 79.4 cm³/mol. The number of nitrogens with one attached hydrogen (secondary N) is 1. The Kier molecular flexibility index (Phi) is 3.69. The van der Waals surface area contributed by atoms with Gasteiger partial charge in [0.25, 0.3) is 5.56 Å². The summed E-state index contributed by atoms with van der Waals surface area (Å²) in [6.45, 7) is 5.69. The molecule has 7 nitrogen and oxygen atoms in total. The maximum Gasteiger partial charge on any atom is 0.273 e. The van der Waals surface area contributed by atoms with Crippen molar-refractivity contribution in [3.8, 4) is 5.95 Å². The van der Waals surface area contributed by atoms with Crippen LogP contribution in [0.4, 0.5) is 5.82 Å². The van der Waals surface area contributed by atoms with Crippen LogP contribution in [0.1, 0.15) is 12.7 Å². The fourth-order valence-electron chi connectivity index (χ4n) is 2.38. The molecule has 0 bridgehead atoms. The molecule has 0 amide bonds. The predicted octanol–water partition coefficient (Wildman–Crippen LogP) is 1.14. The van der Waals surface area contributed by atoms with E-state index in [1.807, 2.05) is 18.7 Å². The van der Waals surface area contributed by atoms with Gasteiger partial charge in [-0.1, -0.05) is 11.6 Å². The number of anilines is 1. The average Bonchev–Trinajstić information content (AvgIpc) is 2.89. The highest BCUT2D eigenvalue weighted by Gasteiger charge is 2.24. The number of hydrogen-bond donors (Lipinski definition) is 1. The SMILES string of the molecule is Cc1nccn1-c1nc(N2CCOCC2C)c(Cl)c(=O)[nH]1. The Labute approximate surface area is 126 Å². The van der Waals surface area contributed by atoms with Gasteiger partial charge in [0, 0.05) is 18.9 Å². The van der Waals surface area contributed by atoms with Crippen molar-refractivity contribution in [2.24, 2.45) is 0 Å². The summed E-state index contributed by atoms with van der Waals surface area (Å²) < 4.78 is 7.13. The van der Waals surface area contributed by atoms with Crippen molar-refractivity contribution in [1.29, 1.82) is 0 Å². The van der Waals surface area contributed by atoms with Crippen LogP contribution in [-0.2, 0) is 4.74 Å². The van der Waals surface area contributed by atoms with Crippen molar-refractivity contribution in [3.05, 3.63) is 33.6 Å². The molecule has 21 heavy (non-hydrogen) atoms. The van der Waals surface area contributed by atoms with Gasteiger partial charge in [-0.05, 0) is 13.8 Å². The van der Waals surface area contributed by atoms with Crippen LogP contribution in [0.25, 0.3) is 5.95 Å². The molecule has 112 valence electrons. The fourth-order valence-corrected chi connectivity index (χ4v) is 2.58. The number of nitrogens with zero attached hydrogens (tertiary/aromatic N) is 4. The Morgan fingerprint density at radius 1 is 1.52 bits per heavy atom. The third kappa shape index (κ3) is 2.54. The molecule has 0 spiro atoms. The summed E-state index contributed by atoms with van der Waals surface area (Å²) in [7, 11) is 0. The highest BCUT2D eigenvalue weighted by molar-refractivity contribution is 6.32. The van der Waals surface area contributed by atoms with Crippen LogP contribution in [0.3, 0.4) is 0 Å². The van der Waals surface area contributed by atoms with E-state index in [0.717, 1.165) is 5.82 Å². The number of aromatic nitrogens is 4. The molecule has 1 unspecified atom stereocenters. The third-order valence-electron chi connectivity index (χ3n) is 3.53. The monoisotopic (exact) mass is 309 g/mol. The lowest BCUT2D eigenvalue weighted by atomic mass is 10.2. The van der Waals surface area contributed by atoms with Crippen molar-refractivity contribution in [2.45, 2.75) is 19.9 Å². The summed E-state index contributed by atoms with van der Waals surface area (Å²) in [6.07, 6.45) is 3.40. The first-order chi connectivity index (χ1) is 10.1. The molecule has 0 aromatic carbocycles. The molecule has 1 saturated heterocycles. The molecule has 1 aliphatic rings. The lowest BCUT2D eigenvalue weighted by Crippen LogP contribution is -2.45. The molecule has 1 fully saturated rings. The normalized spacial score (nSPS) is 19.0. The van der Waals surface area contributed by atoms with Crippen LogP contribution < -0.4 is 10.5 Å². The van der Waals surface area contributed by atoms with E-state index in [1.54, 1.807) is 17.0 Å². The van der Waals surface area contributed by atoms with Crippen molar-refractivity contribution < 1.29 is 4.74 Å². The summed E-state index contributed by atoms with van der Waals surface area (Å²) in [4.78, 5) is 25.4. The van der Waals surface area contributed by atoms with E-state index < -0.39 is 0 Å². The molecule has 1 atom stereocenters. The summed E-state index contributed by atoms with van der Waals surface area (Å²) >= 11 is 6.15. The van der Waals surface area contributed by atoms with Crippen molar-refractivity contribution in [3.63, 3.8) is 0 Å². The maximum absolute atomic E-state index is 12.1. The fraction of sp³-hybridized carbons (Fsp3) is 0.462. The van der Waals surface area contributed by atoms with Crippen LogP contribution >= 0.6 is 11.6 Å². The topological polar surface area (TPSA) is 76.0 Å². The minimum Gasteiger partial charge on any atom is -0.377 e. The second-order valence-electron chi connectivity index (χ2n) is 4.99. The Bertz CT molecular complexity index is 711. The second-order valence-corrected chi connectivity index (χ2v) is 5.37. The molecule has 3 heterocycles. The molecule has 0 aliphatic carbocycles. The Morgan fingerprint density at radius 3 is 3.00 bits per heavy atom. The number of hydrogen-bond acceptors (Lipinski definition) is 5. The number of H-pyrrole nitrogens is 1. The van der Waals surface area contributed by atoms with Gasteiger partial charge >= 0.3 is 0 Å². The molecular formula is C13H16ClN5O2. The standard InChI is InChI=1S/C13H16ClN5O2/c1-8-7-21-6-5-18(8)11-10(14)12(20)17-13(16-11)19-4-3-15-9(19)2/h3-4,8H,5-7H2,1-2H3,(H,16,17,20). The zero-order valence-electron chi connectivity index (χ0n) is 11.8. The zero-order chi connectivity index (χ0) is 15.0. The molecule has 1 aliphatic heterocycles. The van der Waals surface area contributed by atoms with Crippen molar-refractivity contribution >= 4 is 17.4 Å². The van der Waals surface area contributed by atoms with Crippen molar-refractivity contribution in [1.82, 2.24) is 19.5 Å². The van der Waals surface area contributed by atoms with Gasteiger partial charge in [-0.2, -0.15) is 4.98 Å². The quantitative estimate of drug-likeness (QED) is 0.900. The molecule has 8 heteroatoms. The van der Waals surface area contributed by atoms with E-state index in [0.29, 0.717) is 31.5 Å². The molecular weight excluding hydrogens is 294 g/mol. The van der Waals surface area contributed by atoms with E-state index in [1.165, 1.54) is 0 Å². The number of imidazole rings is 1. The van der Waals surface area contributed by atoms with Gasteiger partial charge in [0.05, 0.1) is 19.3 Å². The van der Waals surface area contributed by atoms with Crippen molar-refractivity contribution in [2.75, 3.05) is 24.7 Å². The van der Waals surface area contributed by atoms with Crippen LogP contribution in [0.15, 0.2) is 17.2 Å². The summed E-state index contributed by atoms with van der Waals surface area (Å²) in [5.74, 6) is 1.63. The van der Waals surface area contributed by atoms with E-state index in [-0.39, 0.29) is 16.6 Å². The largest absolute Gasteiger partial charge is 0.377 e. The van der Waals surface area contributed by atoms with Crippen LogP contribution in [-0.4, -0.2) is 45.3 Å². The summed E-state index contributed by atoms with van der Waals surface area (Å²) in [5, 5.41) is 0.102. The van der Waals surface area contributed by atoms with Gasteiger partial charge in [0.2, 0.25) is 5.95 Å². The first kappa shape index (κ1) is 14.1. The van der Waals surface area contributed by atoms with Crippen LogP contribution in [0.5, 0.6) is 0 Å². The Balaban J connectivity index is 2.10. The molecule has 1 N–H and O–H groups in total. The van der Waals surface area contributed by atoms with Gasteiger partial charge in [0.1, 0.15) is 10.8 Å². The molecule has 3 rings (SSSR count). The van der Waals surface area contributed by atoms with E-state index in [2.05, 4.69) is 15.0 Å². The smallest absolute Gasteiger partial charge is 0.273 e. The molecule has 0 radical (unpaired) electrons. The highest BCUT2D eigenvalue weighted by atomic mass is 35.5. The highest BCUT2D eigenvalue weighted by Crippen LogP contribution is 2.24. The zero-order valence-corrected chi connectivity index (χ0v) is 12.6. The number of aromatic amines is 1. The molecule has 0 saturated carbocycles. The first-order valence-corrected chi connectivity index (χ1v) is 7.10. The lowest BCUT2D eigenvalue weighted by Gasteiger charge is -2.34. The van der Waals surface area contributed by atoms with Crippen LogP contribution in [0, 0.1) is 6.92 Å². The van der Waals surface area contributed by atoms with Gasteiger partial charge in [-0.25, -0.2) is 4.98 Å².